The number of nitrogens with zero attached hydrogens (tertiary/aromatic N) is 2. The van der Waals surface area contributed by atoms with E-state index in [0.717, 1.165) is 5.69 Å². The summed E-state index contributed by atoms with van der Waals surface area (Å²) < 4.78 is 0. The highest BCUT2D eigenvalue weighted by atomic mass is 16.2. The van der Waals surface area contributed by atoms with Gasteiger partial charge in [0.15, 0.2) is 0 Å². The van der Waals surface area contributed by atoms with Crippen LogP contribution >= 0.6 is 0 Å². The minimum absolute atomic E-state index is 0.0267. The van der Waals surface area contributed by atoms with Gasteiger partial charge in [0.2, 0.25) is 5.91 Å². The Bertz CT molecular complexity index is 555. The molecule has 0 aliphatic carbocycles. The highest BCUT2D eigenvalue weighted by Gasteiger charge is 2.45. The first-order valence-electron chi connectivity index (χ1n) is 6.38. The zero-order valence-electron chi connectivity index (χ0n) is 11.8. The largest absolute Gasteiger partial charge is 0.304 e. The zero-order chi connectivity index (χ0) is 14.3. The molecule has 1 N–H and O–H groups in total. The number of carbonyl (C=O) groups is 1. The maximum atomic E-state index is 12.6. The lowest BCUT2D eigenvalue weighted by atomic mass is 9.90. The van der Waals surface area contributed by atoms with Gasteiger partial charge >= 0.3 is 0 Å². The lowest BCUT2D eigenvalue weighted by Gasteiger charge is -2.48. The van der Waals surface area contributed by atoms with Gasteiger partial charge in [0.25, 0.3) is 0 Å². The molecule has 4 heteroatoms. The fraction of sp³-hybridized carbons (Fsp3) is 0.467. The number of nitrogens with one attached hydrogen (secondary N) is 1. The van der Waals surface area contributed by atoms with Crippen molar-refractivity contribution in [3.8, 4) is 6.07 Å². The summed E-state index contributed by atoms with van der Waals surface area (Å²) in [5, 5.41) is 12.3. The highest BCUT2D eigenvalue weighted by molar-refractivity contribution is 6.01. The molecule has 1 amide bonds. The van der Waals surface area contributed by atoms with E-state index in [2.05, 4.69) is 11.4 Å². The quantitative estimate of drug-likeness (QED) is 0.837. The Morgan fingerprint density at radius 3 is 2.63 bits per heavy atom. The third-order valence-corrected chi connectivity index (χ3v) is 3.54. The van der Waals surface area contributed by atoms with E-state index in [0.29, 0.717) is 12.1 Å². The summed E-state index contributed by atoms with van der Waals surface area (Å²) in [4.78, 5) is 14.4. The average molecular weight is 257 g/mol. The second-order valence-electron chi connectivity index (χ2n) is 6.09. The van der Waals surface area contributed by atoms with Crippen LogP contribution in [-0.2, 0) is 4.79 Å². The van der Waals surface area contributed by atoms with Crippen molar-refractivity contribution < 1.29 is 4.79 Å². The number of carbonyl (C=O) groups excluding carboxylic acids is 1. The van der Waals surface area contributed by atoms with E-state index < -0.39 is 5.54 Å². The molecule has 0 saturated carbocycles. The summed E-state index contributed by atoms with van der Waals surface area (Å²) in [6.45, 7) is 8.51. The molecule has 2 rings (SSSR count). The van der Waals surface area contributed by atoms with E-state index in [4.69, 9.17) is 5.26 Å². The molecular formula is C15H19N3O. The lowest BCUT2D eigenvalue weighted by Crippen LogP contribution is -2.69. The number of piperazine rings is 1. The molecule has 1 aliphatic rings. The number of hydrogen-bond donors (Lipinski definition) is 1. The van der Waals surface area contributed by atoms with Crippen LogP contribution in [0.4, 0.5) is 5.69 Å². The Kier molecular flexibility index (Phi) is 3.11. The first kappa shape index (κ1) is 13.6. The maximum absolute atomic E-state index is 12.6. The molecule has 0 radical (unpaired) electrons. The number of nitriles is 1. The van der Waals surface area contributed by atoms with Gasteiger partial charge in [-0.25, -0.2) is 0 Å². The minimum Gasteiger partial charge on any atom is -0.304 e. The van der Waals surface area contributed by atoms with E-state index in [-0.39, 0.29) is 11.4 Å². The molecule has 1 aliphatic heterocycles. The SMILES string of the molecule is CC1(C)NCC(C)(C)N(c2cccc(C#N)c2)C1=O. The van der Waals surface area contributed by atoms with E-state index in [1.54, 1.807) is 17.0 Å². The van der Waals surface area contributed by atoms with Crippen LogP contribution in [0.15, 0.2) is 24.3 Å². The Labute approximate surface area is 114 Å². The fourth-order valence-electron chi connectivity index (χ4n) is 2.33. The molecular weight excluding hydrogens is 238 g/mol. The highest BCUT2D eigenvalue weighted by Crippen LogP contribution is 2.31. The summed E-state index contributed by atoms with van der Waals surface area (Å²) in [6.07, 6.45) is 0. The van der Waals surface area contributed by atoms with Crippen LogP contribution < -0.4 is 10.2 Å². The number of amides is 1. The molecule has 100 valence electrons. The van der Waals surface area contributed by atoms with Crippen LogP contribution in [0, 0.1) is 11.3 Å². The monoisotopic (exact) mass is 257 g/mol. The normalized spacial score (nSPS) is 21.0. The Hall–Kier alpha value is -1.86. The summed E-state index contributed by atoms with van der Waals surface area (Å²) in [6, 6.07) is 9.31. The topological polar surface area (TPSA) is 56.1 Å². The van der Waals surface area contributed by atoms with Crippen molar-refractivity contribution in [1.29, 1.82) is 5.26 Å². The van der Waals surface area contributed by atoms with Gasteiger partial charge in [-0.05, 0) is 45.9 Å². The van der Waals surface area contributed by atoms with Crippen LogP contribution in [0.1, 0.15) is 33.3 Å². The van der Waals surface area contributed by atoms with E-state index in [1.807, 2.05) is 39.8 Å². The smallest absolute Gasteiger partial charge is 0.247 e. The third kappa shape index (κ3) is 2.34. The average Bonchev–Trinajstić information content (AvgIpc) is 2.35. The predicted octanol–water partition coefficient (Wildman–Crippen LogP) is 2.05. The van der Waals surface area contributed by atoms with Crippen LogP contribution in [0.25, 0.3) is 0 Å². The molecule has 1 heterocycles. The lowest BCUT2D eigenvalue weighted by molar-refractivity contribution is -0.126. The number of hydrogen-bond acceptors (Lipinski definition) is 3. The summed E-state index contributed by atoms with van der Waals surface area (Å²) in [5.41, 5.74) is 0.444. The molecule has 1 fully saturated rings. The number of rotatable bonds is 1. The van der Waals surface area contributed by atoms with Gasteiger partial charge in [0.1, 0.15) is 0 Å². The van der Waals surface area contributed by atoms with Gasteiger partial charge in [-0.3, -0.25) is 4.79 Å². The van der Waals surface area contributed by atoms with Gasteiger partial charge in [-0.2, -0.15) is 5.26 Å². The second kappa shape index (κ2) is 4.36. The van der Waals surface area contributed by atoms with Crippen LogP contribution in [0.5, 0.6) is 0 Å². The molecule has 4 nitrogen and oxygen atoms in total. The van der Waals surface area contributed by atoms with Crippen molar-refractivity contribution in [1.82, 2.24) is 5.32 Å². The number of anilines is 1. The van der Waals surface area contributed by atoms with Crippen molar-refractivity contribution in [3.05, 3.63) is 29.8 Å². The van der Waals surface area contributed by atoms with Crippen molar-refractivity contribution in [2.45, 2.75) is 38.8 Å². The summed E-state index contributed by atoms with van der Waals surface area (Å²) >= 11 is 0. The molecule has 1 saturated heterocycles. The van der Waals surface area contributed by atoms with Crippen molar-refractivity contribution in [3.63, 3.8) is 0 Å². The van der Waals surface area contributed by atoms with Crippen molar-refractivity contribution in [2.24, 2.45) is 0 Å². The van der Waals surface area contributed by atoms with Gasteiger partial charge in [-0.1, -0.05) is 6.07 Å². The third-order valence-electron chi connectivity index (χ3n) is 3.54. The molecule has 0 spiro atoms. The molecule has 19 heavy (non-hydrogen) atoms. The second-order valence-corrected chi connectivity index (χ2v) is 6.09. The summed E-state index contributed by atoms with van der Waals surface area (Å²) in [7, 11) is 0. The van der Waals surface area contributed by atoms with Crippen LogP contribution in [0.3, 0.4) is 0 Å². The van der Waals surface area contributed by atoms with E-state index in [9.17, 15) is 4.79 Å². The first-order chi connectivity index (χ1) is 8.78. The standard InChI is InChI=1S/C15H19N3O/c1-14(2)10-17-15(3,4)13(19)18(14)12-7-5-6-11(8-12)9-16/h5-8,17H,10H2,1-4H3. The van der Waals surface area contributed by atoms with E-state index >= 15 is 0 Å². The molecule has 0 aromatic heterocycles. The van der Waals surface area contributed by atoms with Crippen LogP contribution in [0.2, 0.25) is 0 Å². The van der Waals surface area contributed by atoms with Crippen molar-refractivity contribution >= 4 is 11.6 Å². The molecule has 1 aromatic rings. The van der Waals surface area contributed by atoms with E-state index in [1.165, 1.54) is 0 Å². The molecule has 1 aromatic carbocycles. The Morgan fingerprint density at radius 1 is 1.32 bits per heavy atom. The first-order valence-corrected chi connectivity index (χ1v) is 6.38. The van der Waals surface area contributed by atoms with Gasteiger partial charge in [0.05, 0.1) is 22.7 Å². The fourth-order valence-corrected chi connectivity index (χ4v) is 2.33. The Balaban J connectivity index is 2.50. The summed E-state index contributed by atoms with van der Waals surface area (Å²) in [5.74, 6) is 0.0267. The molecule has 0 bridgehead atoms. The van der Waals surface area contributed by atoms with Gasteiger partial charge in [0, 0.05) is 12.2 Å². The predicted molar refractivity (Wildman–Crippen MR) is 74.8 cm³/mol. The zero-order valence-corrected chi connectivity index (χ0v) is 11.8. The minimum atomic E-state index is -0.585. The van der Waals surface area contributed by atoms with Crippen LogP contribution in [-0.4, -0.2) is 23.5 Å². The molecule has 0 unspecified atom stereocenters. The number of benzene rings is 1. The van der Waals surface area contributed by atoms with Gasteiger partial charge < -0.3 is 10.2 Å². The molecule has 0 atom stereocenters. The Morgan fingerprint density at radius 2 is 2.00 bits per heavy atom. The van der Waals surface area contributed by atoms with Gasteiger partial charge in [-0.15, -0.1) is 0 Å². The van der Waals surface area contributed by atoms with Crippen molar-refractivity contribution in [2.75, 3.05) is 11.4 Å². The maximum Gasteiger partial charge on any atom is 0.247 e.